The molecule has 0 spiro atoms. The predicted octanol–water partition coefficient (Wildman–Crippen LogP) is -0.0546. The molecule has 134 valence electrons. The van der Waals surface area contributed by atoms with E-state index in [1.807, 2.05) is 30.3 Å². The molecule has 1 unspecified atom stereocenters. The van der Waals surface area contributed by atoms with Gasteiger partial charge in [-0.3, -0.25) is 9.59 Å². The molecule has 0 fully saturated rings. The monoisotopic (exact) mass is 344 g/mol. The molecule has 0 saturated heterocycles. The molecule has 9 heteroatoms. The fourth-order valence-electron chi connectivity index (χ4n) is 1.61. The molecule has 9 nitrogen and oxygen atoms in total. The Hall–Kier alpha value is -2.49. The molecule has 1 aromatic rings. The molecule has 0 heterocycles. The van der Waals surface area contributed by atoms with Gasteiger partial charge in [0.1, 0.15) is 0 Å². The number of hydrogen-bond donors (Lipinski definition) is 5. The summed E-state index contributed by atoms with van der Waals surface area (Å²) in [4.78, 5) is 30.5. The molecular formula is C15H20O9. The van der Waals surface area contributed by atoms with Gasteiger partial charge in [-0.05, 0) is 5.56 Å². The highest BCUT2D eigenvalue weighted by molar-refractivity contribution is 5.88. The van der Waals surface area contributed by atoms with Gasteiger partial charge in [-0.15, -0.1) is 0 Å². The highest BCUT2D eigenvalue weighted by Crippen LogP contribution is 2.15. The third-order valence-electron chi connectivity index (χ3n) is 2.81. The van der Waals surface area contributed by atoms with Gasteiger partial charge in [-0.1, -0.05) is 30.3 Å². The minimum absolute atomic E-state index is 0.553. The van der Waals surface area contributed by atoms with E-state index in [1.165, 1.54) is 7.11 Å². The second-order valence-electron chi connectivity index (χ2n) is 4.86. The lowest BCUT2D eigenvalue weighted by Crippen LogP contribution is -2.42. The summed E-state index contributed by atoms with van der Waals surface area (Å²) in [5.41, 5.74) is -1.65. The number of hydrogen-bond acceptors (Lipinski definition) is 6. The third-order valence-corrected chi connectivity index (χ3v) is 2.81. The zero-order valence-corrected chi connectivity index (χ0v) is 13.0. The van der Waals surface area contributed by atoms with Crippen molar-refractivity contribution in [2.45, 2.75) is 31.2 Å². The van der Waals surface area contributed by atoms with Crippen LogP contribution in [0, 0.1) is 0 Å². The van der Waals surface area contributed by atoms with Gasteiger partial charge in [-0.25, -0.2) is 4.79 Å². The van der Waals surface area contributed by atoms with Crippen molar-refractivity contribution in [1.82, 2.24) is 0 Å². The maximum Gasteiger partial charge on any atom is 0.336 e. The quantitative estimate of drug-likeness (QED) is 0.407. The smallest absolute Gasteiger partial charge is 0.336 e. The topological polar surface area (TPSA) is 162 Å². The molecular weight excluding hydrogens is 324 g/mol. The molecule has 1 atom stereocenters. The van der Waals surface area contributed by atoms with E-state index in [0.717, 1.165) is 5.56 Å². The Morgan fingerprint density at radius 1 is 1.04 bits per heavy atom. The summed E-state index contributed by atoms with van der Waals surface area (Å²) >= 11 is 0. The Kier molecular flexibility index (Phi) is 9.25. The van der Waals surface area contributed by atoms with Crippen LogP contribution in [0.3, 0.4) is 0 Å². The highest BCUT2D eigenvalue weighted by Gasteiger charge is 2.40. The van der Waals surface area contributed by atoms with Crippen LogP contribution in [0.25, 0.3) is 0 Å². The number of carboxylic acid groups (broad SMARTS) is 3. The summed E-state index contributed by atoms with van der Waals surface area (Å²) in [6.45, 7) is 0. The summed E-state index contributed by atoms with van der Waals surface area (Å²) in [6, 6.07) is 9.75. The molecule has 24 heavy (non-hydrogen) atoms. The molecule has 0 radical (unpaired) electrons. The van der Waals surface area contributed by atoms with Gasteiger partial charge >= 0.3 is 17.9 Å². The van der Waals surface area contributed by atoms with Crippen molar-refractivity contribution < 1.29 is 44.7 Å². The Morgan fingerprint density at radius 3 is 1.83 bits per heavy atom. The van der Waals surface area contributed by atoms with Crippen LogP contribution in [0.5, 0.6) is 0 Å². The number of carbonyl (C=O) groups is 3. The number of methoxy groups -OCH3 is 1. The lowest BCUT2D eigenvalue weighted by Gasteiger charge is -2.18. The molecule has 0 aromatic heterocycles. The average molecular weight is 344 g/mol. The Balaban J connectivity index is 0.000000446. The van der Waals surface area contributed by atoms with Crippen LogP contribution in [0.2, 0.25) is 0 Å². The van der Waals surface area contributed by atoms with Crippen molar-refractivity contribution in [3.05, 3.63) is 35.9 Å². The Labute approximate surface area is 137 Å². The predicted molar refractivity (Wildman–Crippen MR) is 80.3 cm³/mol. The molecule has 1 aromatic carbocycles. The Bertz CT molecular complexity index is 525. The standard InChI is InChI=1S/C9H12O2.C6H8O7/c1-11-9(10)7-8-5-3-2-4-6-8;7-3(8)1-6(13,5(11)12)2-4(9)10/h2-6,9-10H,7H2,1H3;13H,1-2H2,(H,7,8)(H,9,10)(H,11,12). The van der Waals surface area contributed by atoms with Gasteiger partial charge in [0.05, 0.1) is 12.8 Å². The van der Waals surface area contributed by atoms with E-state index < -0.39 is 42.6 Å². The van der Waals surface area contributed by atoms with E-state index in [2.05, 4.69) is 0 Å². The second kappa shape index (κ2) is 10.3. The van der Waals surface area contributed by atoms with Crippen LogP contribution in [0.1, 0.15) is 18.4 Å². The molecule has 5 N–H and O–H groups in total. The zero-order chi connectivity index (χ0) is 18.8. The van der Waals surface area contributed by atoms with E-state index in [1.54, 1.807) is 0 Å². The van der Waals surface area contributed by atoms with Gasteiger partial charge in [0, 0.05) is 13.5 Å². The van der Waals surface area contributed by atoms with Crippen LogP contribution in [-0.2, 0) is 25.5 Å². The van der Waals surface area contributed by atoms with Crippen molar-refractivity contribution >= 4 is 17.9 Å². The summed E-state index contributed by atoms with van der Waals surface area (Å²) < 4.78 is 4.71. The molecule has 0 aliphatic heterocycles. The van der Waals surface area contributed by atoms with Crippen molar-refractivity contribution in [3.8, 4) is 0 Å². The minimum Gasteiger partial charge on any atom is -0.481 e. The summed E-state index contributed by atoms with van der Waals surface area (Å²) in [5, 5.41) is 42.9. The van der Waals surface area contributed by atoms with Crippen molar-refractivity contribution in [1.29, 1.82) is 0 Å². The van der Waals surface area contributed by atoms with Crippen LogP contribution in [0.15, 0.2) is 30.3 Å². The molecule has 1 rings (SSSR count). The van der Waals surface area contributed by atoms with Crippen LogP contribution < -0.4 is 0 Å². The van der Waals surface area contributed by atoms with Crippen LogP contribution in [-0.4, -0.2) is 62.4 Å². The number of ether oxygens (including phenoxy) is 1. The zero-order valence-electron chi connectivity index (χ0n) is 13.0. The van der Waals surface area contributed by atoms with Crippen molar-refractivity contribution in [2.75, 3.05) is 7.11 Å². The number of aliphatic hydroxyl groups excluding tert-OH is 1. The van der Waals surface area contributed by atoms with Crippen LogP contribution in [0.4, 0.5) is 0 Å². The van der Waals surface area contributed by atoms with E-state index in [0.29, 0.717) is 6.42 Å². The van der Waals surface area contributed by atoms with E-state index in [-0.39, 0.29) is 0 Å². The maximum atomic E-state index is 10.3. The van der Waals surface area contributed by atoms with Gasteiger partial charge in [0.25, 0.3) is 0 Å². The number of rotatable bonds is 8. The lowest BCUT2D eigenvalue weighted by molar-refractivity contribution is -0.170. The first-order valence-corrected chi connectivity index (χ1v) is 6.75. The molecule has 0 aliphatic rings. The highest BCUT2D eigenvalue weighted by atomic mass is 16.6. The second-order valence-corrected chi connectivity index (χ2v) is 4.86. The fourth-order valence-corrected chi connectivity index (χ4v) is 1.61. The normalized spacial score (nSPS) is 11.8. The number of carboxylic acids is 3. The van der Waals surface area contributed by atoms with Gasteiger partial charge in [-0.2, -0.15) is 0 Å². The van der Waals surface area contributed by atoms with E-state index >= 15 is 0 Å². The molecule has 0 amide bonds. The third kappa shape index (κ3) is 8.83. The van der Waals surface area contributed by atoms with Crippen LogP contribution >= 0.6 is 0 Å². The first-order valence-electron chi connectivity index (χ1n) is 6.75. The lowest BCUT2D eigenvalue weighted by atomic mass is 9.96. The average Bonchev–Trinajstić information content (AvgIpc) is 2.47. The summed E-state index contributed by atoms with van der Waals surface area (Å²) in [5.74, 6) is -5.02. The first-order chi connectivity index (χ1) is 11.1. The number of aliphatic carboxylic acids is 3. The maximum absolute atomic E-state index is 10.3. The first kappa shape index (κ1) is 21.5. The molecule has 0 bridgehead atoms. The fraction of sp³-hybridized carbons (Fsp3) is 0.400. The van der Waals surface area contributed by atoms with Gasteiger partial charge < -0.3 is 30.3 Å². The summed E-state index contributed by atoms with van der Waals surface area (Å²) in [6.07, 6.45) is -2.42. The number of benzene rings is 1. The van der Waals surface area contributed by atoms with E-state index in [4.69, 9.17) is 30.3 Å². The number of aliphatic hydroxyl groups is 2. The van der Waals surface area contributed by atoms with Crippen molar-refractivity contribution in [3.63, 3.8) is 0 Å². The molecule has 0 aliphatic carbocycles. The van der Waals surface area contributed by atoms with E-state index in [9.17, 15) is 14.4 Å². The summed E-state index contributed by atoms with van der Waals surface area (Å²) in [7, 11) is 1.49. The largest absolute Gasteiger partial charge is 0.481 e. The van der Waals surface area contributed by atoms with Gasteiger partial charge in [0.15, 0.2) is 11.9 Å². The molecule has 0 saturated carbocycles. The minimum atomic E-state index is -2.74. The van der Waals surface area contributed by atoms with Crippen molar-refractivity contribution in [2.24, 2.45) is 0 Å². The van der Waals surface area contributed by atoms with Gasteiger partial charge in [0.2, 0.25) is 0 Å². The Morgan fingerprint density at radius 2 is 1.50 bits per heavy atom. The SMILES string of the molecule is COC(O)Cc1ccccc1.O=C(O)CC(O)(CC(=O)O)C(=O)O.